The zero-order valence-electron chi connectivity index (χ0n) is 10.7. The Labute approximate surface area is 123 Å². The molecule has 0 aromatic heterocycles. The van der Waals surface area contributed by atoms with Gasteiger partial charge in [-0.2, -0.15) is 0 Å². The molecule has 0 spiro atoms. The molecular formula is C16H15Cl2N. The lowest BCUT2D eigenvalue weighted by Crippen LogP contribution is -2.21. The molecule has 0 fully saturated rings. The molecule has 0 radical (unpaired) electrons. The van der Waals surface area contributed by atoms with Gasteiger partial charge in [0.1, 0.15) is 0 Å². The molecule has 3 rings (SSSR count). The topological polar surface area (TPSA) is 12.0 Å². The van der Waals surface area contributed by atoms with E-state index in [1.807, 2.05) is 19.1 Å². The van der Waals surface area contributed by atoms with E-state index >= 15 is 0 Å². The molecule has 2 aromatic carbocycles. The fourth-order valence-corrected chi connectivity index (χ4v) is 2.91. The largest absolute Gasteiger partial charge is 0.384 e. The highest BCUT2D eigenvalue weighted by Gasteiger charge is 2.20. The van der Waals surface area contributed by atoms with Gasteiger partial charge in [0, 0.05) is 28.2 Å². The molecule has 1 nitrogen and oxygen atoms in total. The molecule has 1 aliphatic rings. The van der Waals surface area contributed by atoms with Gasteiger partial charge in [-0.25, -0.2) is 0 Å². The number of hydrogen-bond donors (Lipinski definition) is 1. The van der Waals surface area contributed by atoms with E-state index in [1.54, 1.807) is 0 Å². The molecule has 1 unspecified atom stereocenters. The van der Waals surface area contributed by atoms with E-state index in [-0.39, 0.29) is 0 Å². The molecule has 1 aliphatic heterocycles. The van der Waals surface area contributed by atoms with Gasteiger partial charge < -0.3 is 5.32 Å². The number of nitrogens with one attached hydrogen (secondary N) is 1. The molecule has 0 bridgehead atoms. The van der Waals surface area contributed by atoms with E-state index < -0.39 is 0 Å². The van der Waals surface area contributed by atoms with Crippen LogP contribution in [0.5, 0.6) is 0 Å². The van der Waals surface area contributed by atoms with Crippen LogP contribution < -0.4 is 5.32 Å². The molecule has 1 heterocycles. The third-order valence-corrected chi connectivity index (χ3v) is 4.39. The number of rotatable bonds is 1. The minimum atomic E-state index is 0.475. The van der Waals surface area contributed by atoms with Crippen LogP contribution in [-0.4, -0.2) is 6.54 Å². The monoisotopic (exact) mass is 291 g/mol. The summed E-state index contributed by atoms with van der Waals surface area (Å²) in [5.41, 5.74) is 4.95. The van der Waals surface area contributed by atoms with Crippen LogP contribution >= 0.6 is 23.2 Å². The van der Waals surface area contributed by atoms with E-state index in [1.165, 1.54) is 16.8 Å². The minimum absolute atomic E-state index is 0.475. The van der Waals surface area contributed by atoms with Crippen LogP contribution in [0.3, 0.4) is 0 Å². The second kappa shape index (κ2) is 5.07. The van der Waals surface area contributed by atoms with Gasteiger partial charge in [0.05, 0.1) is 0 Å². The van der Waals surface area contributed by atoms with Crippen molar-refractivity contribution < 1.29 is 0 Å². The Morgan fingerprint density at radius 2 is 1.84 bits per heavy atom. The van der Waals surface area contributed by atoms with Crippen molar-refractivity contribution in [2.75, 3.05) is 11.9 Å². The number of halogens is 2. The number of hydrogen-bond acceptors (Lipinski definition) is 1. The molecule has 98 valence electrons. The summed E-state index contributed by atoms with van der Waals surface area (Å²) < 4.78 is 0. The van der Waals surface area contributed by atoms with Gasteiger partial charge in [-0.1, -0.05) is 35.3 Å². The lowest BCUT2D eigenvalue weighted by Gasteiger charge is -2.27. The maximum Gasteiger partial charge on any atom is 0.0439 e. The van der Waals surface area contributed by atoms with Crippen molar-refractivity contribution in [3.8, 4) is 0 Å². The van der Waals surface area contributed by atoms with Gasteiger partial charge in [-0.3, -0.25) is 0 Å². The highest BCUT2D eigenvalue weighted by Crippen LogP contribution is 2.34. The SMILES string of the molecule is Cc1cc2c(cc1Cl)CC(c1ccc(Cl)cc1)CN2. The zero-order valence-corrected chi connectivity index (χ0v) is 12.2. The average molecular weight is 292 g/mol. The molecule has 3 heteroatoms. The number of benzene rings is 2. The first-order valence-corrected chi connectivity index (χ1v) is 7.17. The van der Waals surface area contributed by atoms with Crippen LogP contribution in [0.4, 0.5) is 5.69 Å². The number of anilines is 1. The number of fused-ring (bicyclic) bond motifs is 1. The summed E-state index contributed by atoms with van der Waals surface area (Å²) in [6.07, 6.45) is 1.02. The fraction of sp³-hybridized carbons (Fsp3) is 0.250. The quantitative estimate of drug-likeness (QED) is 0.775. The van der Waals surface area contributed by atoms with Crippen molar-refractivity contribution >= 4 is 28.9 Å². The van der Waals surface area contributed by atoms with E-state index in [9.17, 15) is 0 Å². The molecule has 1 N–H and O–H groups in total. The Morgan fingerprint density at radius 1 is 1.11 bits per heavy atom. The Balaban J connectivity index is 1.89. The molecule has 0 aliphatic carbocycles. The summed E-state index contributed by atoms with van der Waals surface area (Å²) in [6.45, 7) is 2.99. The van der Waals surface area contributed by atoms with E-state index in [0.29, 0.717) is 5.92 Å². The van der Waals surface area contributed by atoms with Gasteiger partial charge in [0.2, 0.25) is 0 Å². The summed E-state index contributed by atoms with van der Waals surface area (Å²) >= 11 is 12.2. The van der Waals surface area contributed by atoms with Gasteiger partial charge in [0.25, 0.3) is 0 Å². The summed E-state index contributed by atoms with van der Waals surface area (Å²) in [7, 11) is 0. The van der Waals surface area contributed by atoms with Crippen molar-refractivity contribution in [3.63, 3.8) is 0 Å². The minimum Gasteiger partial charge on any atom is -0.384 e. The fourth-order valence-electron chi connectivity index (χ4n) is 2.60. The van der Waals surface area contributed by atoms with Crippen LogP contribution in [0.1, 0.15) is 22.6 Å². The third-order valence-electron chi connectivity index (χ3n) is 3.73. The predicted octanol–water partition coefficient (Wildman–Crippen LogP) is 5.05. The van der Waals surface area contributed by atoms with Crippen molar-refractivity contribution in [2.24, 2.45) is 0 Å². The van der Waals surface area contributed by atoms with Crippen LogP contribution in [-0.2, 0) is 6.42 Å². The van der Waals surface area contributed by atoms with E-state index in [4.69, 9.17) is 23.2 Å². The first-order chi connectivity index (χ1) is 9.13. The standard InChI is InChI=1S/C16H15Cl2N/c1-10-6-16-12(8-15(10)18)7-13(9-19-16)11-2-4-14(17)5-3-11/h2-6,8,13,19H,7,9H2,1H3. The van der Waals surface area contributed by atoms with Crippen LogP contribution in [0.25, 0.3) is 0 Å². The highest BCUT2D eigenvalue weighted by atomic mass is 35.5. The third kappa shape index (κ3) is 2.58. The second-order valence-electron chi connectivity index (χ2n) is 5.09. The van der Waals surface area contributed by atoms with E-state index in [2.05, 4.69) is 29.6 Å². The zero-order chi connectivity index (χ0) is 13.4. The first-order valence-electron chi connectivity index (χ1n) is 6.42. The second-order valence-corrected chi connectivity index (χ2v) is 5.94. The lowest BCUT2D eigenvalue weighted by molar-refractivity contribution is 0.695. The van der Waals surface area contributed by atoms with Crippen LogP contribution in [0.2, 0.25) is 10.0 Å². The Morgan fingerprint density at radius 3 is 2.58 bits per heavy atom. The first kappa shape index (κ1) is 12.8. The Bertz CT molecular complexity index is 605. The maximum atomic E-state index is 6.21. The van der Waals surface area contributed by atoms with Crippen molar-refractivity contribution in [2.45, 2.75) is 19.3 Å². The van der Waals surface area contributed by atoms with Crippen LogP contribution in [0.15, 0.2) is 36.4 Å². The summed E-state index contributed by atoms with van der Waals surface area (Å²) in [5, 5.41) is 5.13. The molecule has 1 atom stereocenters. The van der Waals surface area contributed by atoms with Gasteiger partial charge >= 0.3 is 0 Å². The normalized spacial score (nSPS) is 17.7. The Hall–Kier alpha value is -1.18. The maximum absolute atomic E-state index is 6.21. The highest BCUT2D eigenvalue weighted by molar-refractivity contribution is 6.31. The van der Waals surface area contributed by atoms with Gasteiger partial charge in [0.15, 0.2) is 0 Å². The molecule has 2 aromatic rings. The average Bonchev–Trinajstić information content (AvgIpc) is 2.40. The molecule has 0 saturated heterocycles. The predicted molar refractivity (Wildman–Crippen MR) is 82.6 cm³/mol. The summed E-state index contributed by atoms with van der Waals surface area (Å²) in [6, 6.07) is 12.3. The molecule has 0 saturated carbocycles. The van der Waals surface area contributed by atoms with Crippen LogP contribution in [0, 0.1) is 6.92 Å². The van der Waals surface area contributed by atoms with Gasteiger partial charge in [-0.15, -0.1) is 0 Å². The van der Waals surface area contributed by atoms with Crippen molar-refractivity contribution in [1.82, 2.24) is 0 Å². The van der Waals surface area contributed by atoms with Crippen molar-refractivity contribution in [3.05, 3.63) is 63.1 Å². The lowest BCUT2D eigenvalue weighted by atomic mass is 9.88. The van der Waals surface area contributed by atoms with Gasteiger partial charge in [-0.05, 0) is 54.3 Å². The Kier molecular flexibility index (Phi) is 3.42. The molecular weight excluding hydrogens is 277 g/mol. The number of aryl methyl sites for hydroxylation is 1. The molecule has 0 amide bonds. The molecule has 19 heavy (non-hydrogen) atoms. The van der Waals surface area contributed by atoms with E-state index in [0.717, 1.165) is 28.6 Å². The summed E-state index contributed by atoms with van der Waals surface area (Å²) in [4.78, 5) is 0. The summed E-state index contributed by atoms with van der Waals surface area (Å²) in [5.74, 6) is 0.475. The smallest absolute Gasteiger partial charge is 0.0439 e. The van der Waals surface area contributed by atoms with Crippen molar-refractivity contribution in [1.29, 1.82) is 0 Å².